The molecular formula is C12H17N3O4. The molecule has 19 heavy (non-hydrogen) atoms. The van der Waals surface area contributed by atoms with Crippen LogP contribution in [0.2, 0.25) is 0 Å². The average Bonchev–Trinajstić information content (AvgIpc) is 2.85. The molecule has 2 saturated heterocycles. The second kappa shape index (κ2) is 4.03. The number of nitrogen functional groups attached to an aromatic ring is 1. The Labute approximate surface area is 110 Å². The van der Waals surface area contributed by atoms with E-state index in [1.807, 2.05) is 6.92 Å². The predicted molar refractivity (Wildman–Crippen MR) is 66.5 cm³/mol. The standard InChI is InChI=1S/C12H17N3O4/c1-3-12-5-18-7(8(12)16)10(19-12)15-4-6(2)9(13)14-11(15)17/h4,7-8,10,16H,3,5H2,1-2H3,(H2,13,14,17)/t7?,8?,10-,12+/m1/s1. The van der Waals surface area contributed by atoms with Crippen molar-refractivity contribution < 1.29 is 14.6 Å². The SMILES string of the molecule is CC[C@]12COC(C1O)[C@H](n1cc(C)c(N)nc1=O)O2. The normalized spacial score (nSPS) is 36.9. The summed E-state index contributed by atoms with van der Waals surface area (Å²) in [4.78, 5) is 15.7. The number of aromatic nitrogens is 2. The fourth-order valence-corrected chi connectivity index (χ4v) is 2.73. The van der Waals surface area contributed by atoms with Crippen molar-refractivity contribution in [2.45, 2.75) is 44.3 Å². The summed E-state index contributed by atoms with van der Waals surface area (Å²) in [6, 6.07) is 0. The molecule has 0 amide bonds. The molecule has 2 aliphatic rings. The highest BCUT2D eigenvalue weighted by molar-refractivity contribution is 5.35. The zero-order valence-electron chi connectivity index (χ0n) is 10.9. The molecule has 2 bridgehead atoms. The van der Waals surface area contributed by atoms with E-state index >= 15 is 0 Å². The maximum atomic E-state index is 11.9. The maximum Gasteiger partial charge on any atom is 0.351 e. The molecule has 3 heterocycles. The Morgan fingerprint density at radius 1 is 1.68 bits per heavy atom. The molecule has 0 aromatic carbocycles. The third kappa shape index (κ3) is 1.62. The van der Waals surface area contributed by atoms with Crippen LogP contribution in [0.25, 0.3) is 0 Å². The fraction of sp³-hybridized carbons (Fsp3) is 0.667. The van der Waals surface area contributed by atoms with Gasteiger partial charge in [-0.15, -0.1) is 0 Å². The zero-order chi connectivity index (χ0) is 13.8. The monoisotopic (exact) mass is 267 g/mol. The lowest BCUT2D eigenvalue weighted by Crippen LogP contribution is -2.40. The quantitative estimate of drug-likeness (QED) is 0.754. The molecule has 0 aliphatic carbocycles. The summed E-state index contributed by atoms with van der Waals surface area (Å²) in [5.74, 6) is 0.205. The summed E-state index contributed by atoms with van der Waals surface area (Å²) >= 11 is 0. The van der Waals surface area contributed by atoms with Gasteiger partial charge in [0.25, 0.3) is 0 Å². The third-order valence-corrected chi connectivity index (χ3v) is 4.05. The molecule has 7 heteroatoms. The van der Waals surface area contributed by atoms with Crippen LogP contribution in [0.15, 0.2) is 11.0 Å². The van der Waals surface area contributed by atoms with Gasteiger partial charge in [0.2, 0.25) is 0 Å². The predicted octanol–water partition coefficient (Wildman–Crippen LogP) is -0.429. The highest BCUT2D eigenvalue weighted by Crippen LogP contribution is 2.46. The molecule has 0 spiro atoms. The Balaban J connectivity index is 2.02. The van der Waals surface area contributed by atoms with Crippen LogP contribution in [0.4, 0.5) is 5.82 Å². The Bertz CT molecular complexity index is 573. The summed E-state index contributed by atoms with van der Waals surface area (Å²) < 4.78 is 12.8. The molecule has 1 aromatic heterocycles. The van der Waals surface area contributed by atoms with E-state index < -0.39 is 29.7 Å². The Hall–Kier alpha value is -1.44. The molecule has 3 rings (SSSR count). The molecule has 0 saturated carbocycles. The first-order chi connectivity index (χ1) is 8.98. The van der Waals surface area contributed by atoms with Gasteiger partial charge >= 0.3 is 5.69 Å². The zero-order valence-corrected chi connectivity index (χ0v) is 10.9. The van der Waals surface area contributed by atoms with Gasteiger partial charge in [0.05, 0.1) is 6.61 Å². The summed E-state index contributed by atoms with van der Waals surface area (Å²) in [7, 11) is 0. The molecule has 104 valence electrons. The molecule has 2 aliphatic heterocycles. The van der Waals surface area contributed by atoms with Gasteiger partial charge in [-0.3, -0.25) is 4.57 Å². The molecule has 0 radical (unpaired) electrons. The highest BCUT2D eigenvalue weighted by atomic mass is 16.6. The van der Waals surface area contributed by atoms with Crippen LogP contribution in [-0.2, 0) is 9.47 Å². The van der Waals surface area contributed by atoms with Crippen molar-refractivity contribution >= 4 is 5.82 Å². The first kappa shape index (κ1) is 12.6. The summed E-state index contributed by atoms with van der Waals surface area (Å²) in [5.41, 5.74) is 5.07. The third-order valence-electron chi connectivity index (χ3n) is 4.05. The number of fused-ring (bicyclic) bond motifs is 2. The Morgan fingerprint density at radius 2 is 2.42 bits per heavy atom. The van der Waals surface area contributed by atoms with E-state index in [-0.39, 0.29) is 5.82 Å². The lowest BCUT2D eigenvalue weighted by Gasteiger charge is -2.30. The van der Waals surface area contributed by atoms with Crippen LogP contribution in [0, 0.1) is 6.92 Å². The van der Waals surface area contributed by atoms with Gasteiger partial charge in [0, 0.05) is 11.8 Å². The molecule has 7 nitrogen and oxygen atoms in total. The molecule has 2 unspecified atom stereocenters. The van der Waals surface area contributed by atoms with Gasteiger partial charge in [0.1, 0.15) is 23.6 Å². The van der Waals surface area contributed by atoms with Crippen molar-refractivity contribution in [2.75, 3.05) is 12.3 Å². The first-order valence-corrected chi connectivity index (χ1v) is 6.31. The van der Waals surface area contributed by atoms with Crippen molar-refractivity contribution in [1.29, 1.82) is 0 Å². The van der Waals surface area contributed by atoms with E-state index in [9.17, 15) is 9.90 Å². The number of aliphatic hydroxyl groups is 1. The van der Waals surface area contributed by atoms with Gasteiger partial charge in [-0.05, 0) is 13.3 Å². The topological polar surface area (TPSA) is 99.6 Å². The lowest BCUT2D eigenvalue weighted by molar-refractivity contribution is -0.175. The van der Waals surface area contributed by atoms with Gasteiger partial charge in [-0.2, -0.15) is 4.98 Å². The van der Waals surface area contributed by atoms with Gasteiger partial charge in [0.15, 0.2) is 6.23 Å². The number of rotatable bonds is 2. The minimum absolute atomic E-state index is 0.205. The van der Waals surface area contributed by atoms with Crippen LogP contribution < -0.4 is 11.4 Å². The smallest absolute Gasteiger partial charge is 0.351 e. The molecule has 4 atom stereocenters. The number of anilines is 1. The summed E-state index contributed by atoms with van der Waals surface area (Å²) in [5, 5.41) is 10.2. The number of nitrogens with two attached hydrogens (primary N) is 1. The second-order valence-electron chi connectivity index (χ2n) is 5.15. The molecular weight excluding hydrogens is 250 g/mol. The number of hydrogen-bond donors (Lipinski definition) is 2. The largest absolute Gasteiger partial charge is 0.387 e. The van der Waals surface area contributed by atoms with E-state index in [0.717, 1.165) is 0 Å². The molecule has 3 N–H and O–H groups in total. The number of hydrogen-bond acceptors (Lipinski definition) is 6. The average molecular weight is 267 g/mol. The summed E-state index contributed by atoms with van der Waals surface area (Å²) in [6.45, 7) is 4.03. The van der Waals surface area contributed by atoms with Crippen LogP contribution in [0.3, 0.4) is 0 Å². The van der Waals surface area contributed by atoms with Crippen molar-refractivity contribution in [2.24, 2.45) is 0 Å². The van der Waals surface area contributed by atoms with Gasteiger partial charge in [-0.1, -0.05) is 6.92 Å². The van der Waals surface area contributed by atoms with Crippen molar-refractivity contribution in [3.8, 4) is 0 Å². The van der Waals surface area contributed by atoms with Crippen LogP contribution in [-0.4, -0.2) is 39.1 Å². The van der Waals surface area contributed by atoms with Crippen LogP contribution in [0.5, 0.6) is 0 Å². The van der Waals surface area contributed by atoms with Gasteiger partial charge < -0.3 is 20.3 Å². The Morgan fingerprint density at radius 3 is 3.05 bits per heavy atom. The van der Waals surface area contributed by atoms with Crippen molar-refractivity contribution in [1.82, 2.24) is 9.55 Å². The van der Waals surface area contributed by atoms with Gasteiger partial charge in [-0.25, -0.2) is 4.79 Å². The van der Waals surface area contributed by atoms with Crippen molar-refractivity contribution in [3.63, 3.8) is 0 Å². The minimum Gasteiger partial charge on any atom is -0.387 e. The summed E-state index contributed by atoms with van der Waals surface area (Å²) in [6.07, 6.45) is 0.296. The lowest BCUT2D eigenvalue weighted by atomic mass is 9.96. The number of nitrogens with zero attached hydrogens (tertiary/aromatic N) is 2. The van der Waals surface area contributed by atoms with Crippen LogP contribution in [0.1, 0.15) is 25.1 Å². The van der Waals surface area contributed by atoms with E-state index in [4.69, 9.17) is 15.2 Å². The minimum atomic E-state index is -0.729. The van der Waals surface area contributed by atoms with Crippen LogP contribution >= 0.6 is 0 Å². The fourth-order valence-electron chi connectivity index (χ4n) is 2.73. The van der Waals surface area contributed by atoms with E-state index in [2.05, 4.69) is 4.98 Å². The number of ether oxygens (including phenoxy) is 2. The first-order valence-electron chi connectivity index (χ1n) is 6.31. The number of aliphatic hydroxyl groups excluding tert-OH is 1. The molecule has 1 aromatic rings. The van der Waals surface area contributed by atoms with E-state index in [0.29, 0.717) is 18.6 Å². The Kier molecular flexibility index (Phi) is 2.67. The van der Waals surface area contributed by atoms with E-state index in [1.165, 1.54) is 4.57 Å². The molecule has 2 fully saturated rings. The second-order valence-corrected chi connectivity index (χ2v) is 5.15. The van der Waals surface area contributed by atoms with Crippen molar-refractivity contribution in [3.05, 3.63) is 22.2 Å². The van der Waals surface area contributed by atoms with E-state index in [1.54, 1.807) is 13.1 Å². The maximum absolute atomic E-state index is 11.9. The number of aryl methyl sites for hydroxylation is 1. The highest BCUT2D eigenvalue weighted by Gasteiger charge is 2.60.